The van der Waals surface area contributed by atoms with Crippen molar-refractivity contribution < 1.29 is 19.4 Å². The van der Waals surface area contributed by atoms with Crippen LogP contribution in [-0.4, -0.2) is 32.2 Å². The number of aromatic amines is 1. The molecule has 0 spiro atoms. The highest BCUT2D eigenvalue weighted by Crippen LogP contribution is 2.16. The van der Waals surface area contributed by atoms with Crippen molar-refractivity contribution in [1.82, 2.24) is 14.4 Å². The van der Waals surface area contributed by atoms with Gasteiger partial charge in [-0.1, -0.05) is 6.07 Å². The van der Waals surface area contributed by atoms with E-state index in [9.17, 15) is 9.59 Å². The number of hydrogen-bond donors (Lipinski definition) is 2. The van der Waals surface area contributed by atoms with E-state index in [1.165, 1.54) is 12.3 Å². The summed E-state index contributed by atoms with van der Waals surface area (Å²) in [6.45, 7) is 0.00817. The summed E-state index contributed by atoms with van der Waals surface area (Å²) < 4.78 is 7.47. The van der Waals surface area contributed by atoms with Gasteiger partial charge in [0.2, 0.25) is 5.56 Å². The van der Waals surface area contributed by atoms with Gasteiger partial charge in [0.25, 0.3) is 6.47 Å². The van der Waals surface area contributed by atoms with Crippen LogP contribution in [-0.2, 0) is 11.4 Å². The number of rotatable bonds is 4. The van der Waals surface area contributed by atoms with E-state index in [4.69, 9.17) is 14.6 Å². The number of aldehydes is 1. The van der Waals surface area contributed by atoms with Gasteiger partial charge in [-0.2, -0.15) is 0 Å². The highest BCUT2D eigenvalue weighted by atomic mass is 16.5. The smallest absolute Gasteiger partial charge is 0.290 e. The quantitative estimate of drug-likeness (QED) is 0.697. The Kier molecular flexibility index (Phi) is 5.24. The lowest BCUT2D eigenvalue weighted by Gasteiger charge is -2.08. The summed E-state index contributed by atoms with van der Waals surface area (Å²) in [6, 6.07) is 4.99. The van der Waals surface area contributed by atoms with Crippen molar-refractivity contribution in [3.63, 3.8) is 0 Å². The first-order valence-electron chi connectivity index (χ1n) is 6.48. The highest BCUT2D eigenvalue weighted by molar-refractivity contribution is 5.78. The van der Waals surface area contributed by atoms with E-state index in [1.807, 2.05) is 28.9 Å². The van der Waals surface area contributed by atoms with E-state index in [0.29, 0.717) is 12.0 Å². The normalized spacial score (nSPS) is 9.74. The van der Waals surface area contributed by atoms with Crippen LogP contribution in [0, 0.1) is 0 Å². The number of H-pyrrole nitrogens is 1. The molecule has 0 amide bonds. The van der Waals surface area contributed by atoms with Crippen LogP contribution in [0.2, 0.25) is 0 Å². The number of hydrogen-bond acceptors (Lipinski definition) is 5. The van der Waals surface area contributed by atoms with Crippen molar-refractivity contribution in [2.24, 2.45) is 0 Å². The number of carboxylic acid groups (broad SMARTS) is 1. The standard InChI is InChI=1S/C14H11N3O3.CH2O2/c18-8-11-6-13(19)16-7-12(11)20-9-10-2-1-4-17-5-3-15-14(10)17;2-1-3/h1-8H,9H2,(H,16,19);1H,(H,2,3). The molecule has 0 atom stereocenters. The van der Waals surface area contributed by atoms with Crippen molar-refractivity contribution in [2.75, 3.05) is 0 Å². The number of aromatic nitrogens is 3. The zero-order chi connectivity index (χ0) is 16.7. The van der Waals surface area contributed by atoms with E-state index < -0.39 is 0 Å². The molecule has 0 saturated heterocycles. The van der Waals surface area contributed by atoms with Gasteiger partial charge in [-0.15, -0.1) is 0 Å². The molecule has 23 heavy (non-hydrogen) atoms. The summed E-state index contributed by atoms with van der Waals surface area (Å²) in [4.78, 5) is 37.1. The van der Waals surface area contributed by atoms with E-state index in [-0.39, 0.29) is 24.2 Å². The molecule has 8 heteroatoms. The summed E-state index contributed by atoms with van der Waals surface area (Å²) in [7, 11) is 0. The molecule has 0 aliphatic heterocycles. The van der Waals surface area contributed by atoms with Gasteiger partial charge in [-0.3, -0.25) is 14.4 Å². The van der Waals surface area contributed by atoms with Gasteiger partial charge in [0.05, 0.1) is 5.56 Å². The molecule has 2 N–H and O–H groups in total. The van der Waals surface area contributed by atoms with Crippen molar-refractivity contribution in [1.29, 1.82) is 0 Å². The van der Waals surface area contributed by atoms with Crippen LogP contribution in [0.15, 0.2) is 47.8 Å². The molecule has 0 aromatic carbocycles. The second-order valence-electron chi connectivity index (χ2n) is 4.32. The minimum absolute atomic E-state index is 0.226. The number of fused-ring (bicyclic) bond motifs is 1. The number of ether oxygens (including phenoxy) is 1. The summed E-state index contributed by atoms with van der Waals surface area (Å²) in [5.74, 6) is 0.341. The first-order chi connectivity index (χ1) is 11.2. The van der Waals surface area contributed by atoms with Crippen molar-refractivity contribution in [3.05, 3.63) is 64.5 Å². The summed E-state index contributed by atoms with van der Waals surface area (Å²) in [5, 5.41) is 6.89. The third kappa shape index (κ3) is 3.82. The number of imidazole rings is 1. The number of carbonyl (C=O) groups excluding carboxylic acids is 1. The van der Waals surface area contributed by atoms with Gasteiger partial charge in [0.15, 0.2) is 6.29 Å². The molecule has 0 bridgehead atoms. The van der Waals surface area contributed by atoms with Gasteiger partial charge < -0.3 is 19.2 Å². The summed E-state index contributed by atoms with van der Waals surface area (Å²) in [5.41, 5.74) is 1.57. The SMILES string of the molecule is O=CO.O=Cc1cc(=O)[nH]cc1OCc1cccn2ccnc12. The second-order valence-corrected chi connectivity index (χ2v) is 4.32. The predicted octanol–water partition coefficient (Wildman–Crippen LogP) is 1.11. The van der Waals surface area contributed by atoms with Gasteiger partial charge >= 0.3 is 0 Å². The van der Waals surface area contributed by atoms with E-state index in [1.54, 1.807) is 6.20 Å². The first-order valence-corrected chi connectivity index (χ1v) is 6.48. The molecule has 0 radical (unpaired) electrons. The molecule has 0 aliphatic carbocycles. The number of pyridine rings is 2. The lowest BCUT2D eigenvalue weighted by atomic mass is 10.2. The maximum Gasteiger partial charge on any atom is 0.290 e. The van der Waals surface area contributed by atoms with Gasteiger partial charge in [0, 0.05) is 36.4 Å². The Balaban J connectivity index is 0.000000595. The fourth-order valence-corrected chi connectivity index (χ4v) is 1.97. The van der Waals surface area contributed by atoms with Crippen LogP contribution in [0.5, 0.6) is 5.75 Å². The molecule has 0 unspecified atom stereocenters. The van der Waals surface area contributed by atoms with Crippen LogP contribution in [0.4, 0.5) is 0 Å². The summed E-state index contributed by atoms with van der Waals surface area (Å²) >= 11 is 0. The predicted molar refractivity (Wildman–Crippen MR) is 80.7 cm³/mol. The molecule has 3 aromatic rings. The Labute approximate surface area is 130 Å². The van der Waals surface area contributed by atoms with Gasteiger partial charge in [0.1, 0.15) is 18.0 Å². The Bertz CT molecular complexity index is 869. The van der Waals surface area contributed by atoms with Crippen LogP contribution in [0.25, 0.3) is 5.65 Å². The Hall–Kier alpha value is -3.42. The second kappa shape index (κ2) is 7.55. The zero-order valence-electron chi connectivity index (χ0n) is 11.9. The molecule has 3 aromatic heterocycles. The third-order valence-electron chi connectivity index (χ3n) is 2.93. The maximum atomic E-state index is 11.1. The highest BCUT2D eigenvalue weighted by Gasteiger charge is 2.07. The summed E-state index contributed by atoms with van der Waals surface area (Å²) in [6.07, 6.45) is 7.42. The van der Waals surface area contributed by atoms with E-state index in [2.05, 4.69) is 9.97 Å². The maximum absolute atomic E-state index is 11.1. The van der Waals surface area contributed by atoms with E-state index >= 15 is 0 Å². The molecule has 8 nitrogen and oxygen atoms in total. The number of nitrogens with zero attached hydrogens (tertiary/aromatic N) is 2. The average Bonchev–Trinajstić information content (AvgIpc) is 3.03. The minimum atomic E-state index is -0.338. The van der Waals surface area contributed by atoms with Crippen LogP contribution in [0.1, 0.15) is 15.9 Å². The minimum Gasteiger partial charge on any atom is -0.486 e. The first kappa shape index (κ1) is 16.0. The molecule has 3 rings (SSSR count). The van der Waals surface area contributed by atoms with Crippen LogP contribution in [0.3, 0.4) is 0 Å². The average molecular weight is 315 g/mol. The van der Waals surface area contributed by atoms with Gasteiger partial charge in [-0.05, 0) is 6.07 Å². The van der Waals surface area contributed by atoms with E-state index in [0.717, 1.165) is 11.2 Å². The third-order valence-corrected chi connectivity index (χ3v) is 2.93. The lowest BCUT2D eigenvalue weighted by Crippen LogP contribution is -2.08. The molecule has 0 fully saturated rings. The molecule has 3 heterocycles. The fraction of sp³-hybridized carbons (Fsp3) is 0.0667. The Morgan fingerprint density at radius 1 is 1.35 bits per heavy atom. The van der Waals surface area contributed by atoms with Crippen molar-refractivity contribution in [3.8, 4) is 5.75 Å². The topological polar surface area (TPSA) is 114 Å². The monoisotopic (exact) mass is 315 g/mol. The Morgan fingerprint density at radius 3 is 2.87 bits per heavy atom. The van der Waals surface area contributed by atoms with Crippen LogP contribution >= 0.6 is 0 Å². The molecule has 118 valence electrons. The van der Waals surface area contributed by atoms with Crippen LogP contribution < -0.4 is 10.3 Å². The molecule has 0 aliphatic rings. The molecule has 0 saturated carbocycles. The lowest BCUT2D eigenvalue weighted by molar-refractivity contribution is -0.122. The molecular weight excluding hydrogens is 302 g/mol. The fourth-order valence-electron chi connectivity index (χ4n) is 1.97. The van der Waals surface area contributed by atoms with Gasteiger partial charge in [-0.25, -0.2) is 4.98 Å². The zero-order valence-corrected chi connectivity index (χ0v) is 11.9. The molecular formula is C15H13N3O5. The number of carbonyl (C=O) groups is 2. The van der Waals surface area contributed by atoms with Crippen molar-refractivity contribution >= 4 is 18.4 Å². The largest absolute Gasteiger partial charge is 0.486 e. The van der Waals surface area contributed by atoms with Crippen molar-refractivity contribution in [2.45, 2.75) is 6.61 Å². The number of nitrogens with one attached hydrogen (secondary N) is 1. The Morgan fingerprint density at radius 2 is 2.13 bits per heavy atom.